The van der Waals surface area contributed by atoms with Gasteiger partial charge in [-0.15, -0.1) is 0 Å². The van der Waals surface area contributed by atoms with Gasteiger partial charge in [0, 0.05) is 37.0 Å². The van der Waals surface area contributed by atoms with Crippen molar-refractivity contribution < 1.29 is 14.3 Å². The Morgan fingerprint density at radius 2 is 1.59 bits per heavy atom. The minimum atomic E-state index is -0.142. The number of methoxy groups -OCH3 is 1. The van der Waals surface area contributed by atoms with Gasteiger partial charge in [-0.05, 0) is 61.7 Å². The molecule has 6 heteroatoms. The predicted octanol–water partition coefficient (Wildman–Crippen LogP) is 5.14. The second-order valence-corrected chi connectivity index (χ2v) is 8.51. The highest BCUT2D eigenvalue weighted by Gasteiger charge is 2.20. The van der Waals surface area contributed by atoms with Gasteiger partial charge in [-0.2, -0.15) is 0 Å². The van der Waals surface area contributed by atoms with Crippen molar-refractivity contribution in [1.82, 2.24) is 0 Å². The quantitative estimate of drug-likeness (QED) is 0.533. The Labute approximate surface area is 201 Å². The largest absolute Gasteiger partial charge is 0.496 e. The van der Waals surface area contributed by atoms with E-state index in [0.717, 1.165) is 30.0 Å². The summed E-state index contributed by atoms with van der Waals surface area (Å²) in [5.41, 5.74) is 4.04. The molecule has 34 heavy (non-hydrogen) atoms. The topological polar surface area (TPSA) is 61.9 Å². The molecule has 0 bridgehead atoms. The van der Waals surface area contributed by atoms with Crippen LogP contribution in [0.2, 0.25) is 0 Å². The molecule has 6 nitrogen and oxygen atoms in total. The molecule has 0 radical (unpaired) electrons. The van der Waals surface area contributed by atoms with Crippen LogP contribution in [0.5, 0.6) is 5.75 Å². The fraction of sp³-hybridized carbons (Fsp3) is 0.286. The van der Waals surface area contributed by atoms with Crippen LogP contribution < -0.4 is 19.9 Å². The van der Waals surface area contributed by atoms with Crippen molar-refractivity contribution in [1.29, 1.82) is 0 Å². The van der Waals surface area contributed by atoms with Crippen LogP contribution in [0.3, 0.4) is 0 Å². The normalized spacial score (nSPS) is 13.3. The van der Waals surface area contributed by atoms with Crippen molar-refractivity contribution in [2.75, 3.05) is 42.4 Å². The number of hydrogen-bond donors (Lipinski definition) is 1. The van der Waals surface area contributed by atoms with Gasteiger partial charge in [0.1, 0.15) is 5.75 Å². The number of benzene rings is 3. The van der Waals surface area contributed by atoms with E-state index in [9.17, 15) is 9.59 Å². The molecule has 3 aromatic rings. The van der Waals surface area contributed by atoms with Crippen molar-refractivity contribution in [2.24, 2.45) is 0 Å². The van der Waals surface area contributed by atoms with Crippen molar-refractivity contribution in [2.45, 2.75) is 25.7 Å². The maximum absolute atomic E-state index is 13.2. The van der Waals surface area contributed by atoms with Crippen LogP contribution in [-0.2, 0) is 11.2 Å². The predicted molar refractivity (Wildman–Crippen MR) is 137 cm³/mol. The minimum Gasteiger partial charge on any atom is -0.496 e. The maximum Gasteiger partial charge on any atom is 0.258 e. The van der Waals surface area contributed by atoms with Crippen molar-refractivity contribution in [3.8, 4) is 5.75 Å². The second-order valence-electron chi connectivity index (χ2n) is 8.51. The van der Waals surface area contributed by atoms with E-state index in [1.807, 2.05) is 49.5 Å². The van der Waals surface area contributed by atoms with Gasteiger partial charge in [0.15, 0.2) is 0 Å². The highest BCUT2D eigenvalue weighted by molar-refractivity contribution is 6.07. The summed E-state index contributed by atoms with van der Waals surface area (Å²) in [6.07, 6.45) is 3.82. The Bertz CT molecular complexity index is 1140. The Balaban J connectivity index is 1.43. The Kier molecular flexibility index (Phi) is 7.48. The van der Waals surface area contributed by atoms with Gasteiger partial charge in [0.2, 0.25) is 5.91 Å². The van der Waals surface area contributed by atoms with E-state index in [1.165, 1.54) is 19.3 Å². The van der Waals surface area contributed by atoms with Crippen LogP contribution in [-0.4, -0.2) is 39.1 Å². The van der Waals surface area contributed by atoms with E-state index in [0.29, 0.717) is 17.0 Å². The molecule has 1 aliphatic rings. The van der Waals surface area contributed by atoms with Gasteiger partial charge in [-0.25, -0.2) is 0 Å². The number of anilines is 3. The Hall–Kier alpha value is -3.80. The van der Waals surface area contributed by atoms with Gasteiger partial charge in [0.05, 0.1) is 24.9 Å². The van der Waals surface area contributed by atoms with E-state index in [4.69, 9.17) is 4.74 Å². The number of ether oxygens (including phenoxy) is 1. The molecule has 4 rings (SSSR count). The molecule has 0 aliphatic carbocycles. The number of carbonyl (C=O) groups is 2. The highest BCUT2D eigenvalue weighted by atomic mass is 16.5. The van der Waals surface area contributed by atoms with Gasteiger partial charge >= 0.3 is 0 Å². The zero-order chi connectivity index (χ0) is 23.9. The number of piperidine rings is 1. The first-order valence-electron chi connectivity index (χ1n) is 11.7. The summed E-state index contributed by atoms with van der Waals surface area (Å²) in [7, 11) is 3.41. The lowest BCUT2D eigenvalue weighted by Gasteiger charge is -2.32. The lowest BCUT2D eigenvalue weighted by molar-refractivity contribution is -0.115. The molecule has 0 unspecified atom stereocenters. The van der Waals surface area contributed by atoms with Crippen LogP contribution in [0.4, 0.5) is 17.1 Å². The Morgan fingerprint density at radius 1 is 0.912 bits per heavy atom. The van der Waals surface area contributed by atoms with E-state index < -0.39 is 0 Å². The monoisotopic (exact) mass is 457 g/mol. The van der Waals surface area contributed by atoms with E-state index >= 15 is 0 Å². The fourth-order valence-electron chi connectivity index (χ4n) is 4.38. The average molecular weight is 458 g/mol. The van der Waals surface area contributed by atoms with Crippen LogP contribution >= 0.6 is 0 Å². The summed E-state index contributed by atoms with van der Waals surface area (Å²) < 4.78 is 5.32. The molecule has 0 spiro atoms. The summed E-state index contributed by atoms with van der Waals surface area (Å²) in [4.78, 5) is 29.8. The maximum atomic E-state index is 13.2. The number of hydrogen-bond acceptors (Lipinski definition) is 4. The molecule has 3 aromatic carbocycles. The molecule has 1 heterocycles. The standard InChI is InChI=1S/C28H31N3O3/c1-30(24-11-5-6-12-25(24)31-18-8-3-9-19-31)28(33)21-14-16-23(17-15-21)29-27(32)20-22-10-4-7-13-26(22)34-2/h4-7,10-17H,3,8-9,18-20H2,1-2H3,(H,29,32). The average Bonchev–Trinajstić information content (AvgIpc) is 2.89. The highest BCUT2D eigenvalue weighted by Crippen LogP contribution is 2.31. The summed E-state index contributed by atoms with van der Waals surface area (Å²) in [5, 5.41) is 2.89. The van der Waals surface area contributed by atoms with Crippen molar-refractivity contribution >= 4 is 28.9 Å². The molecule has 1 aliphatic heterocycles. The molecule has 2 amide bonds. The van der Waals surface area contributed by atoms with Gasteiger partial charge in [0.25, 0.3) is 5.91 Å². The van der Waals surface area contributed by atoms with Crippen molar-refractivity contribution in [3.63, 3.8) is 0 Å². The number of amides is 2. The second kappa shape index (κ2) is 10.9. The first-order chi connectivity index (χ1) is 16.6. The smallest absolute Gasteiger partial charge is 0.258 e. The first kappa shape index (κ1) is 23.4. The molecule has 0 atom stereocenters. The summed E-state index contributed by atoms with van der Waals surface area (Å²) in [6.45, 7) is 2.03. The van der Waals surface area contributed by atoms with Gasteiger partial charge < -0.3 is 19.9 Å². The number of nitrogens with zero attached hydrogens (tertiary/aromatic N) is 2. The third-order valence-corrected chi connectivity index (χ3v) is 6.20. The number of para-hydroxylation sites is 3. The van der Waals surface area contributed by atoms with Crippen molar-refractivity contribution in [3.05, 3.63) is 83.9 Å². The van der Waals surface area contributed by atoms with E-state index in [2.05, 4.69) is 16.3 Å². The molecule has 0 aromatic heterocycles. The first-order valence-corrected chi connectivity index (χ1v) is 11.7. The van der Waals surface area contributed by atoms with Crippen LogP contribution in [0.1, 0.15) is 35.2 Å². The van der Waals surface area contributed by atoms with E-state index in [1.54, 1.807) is 36.3 Å². The van der Waals surface area contributed by atoms with Gasteiger partial charge in [-0.3, -0.25) is 9.59 Å². The molecule has 1 saturated heterocycles. The lowest BCUT2D eigenvalue weighted by Crippen LogP contribution is -2.33. The fourth-order valence-corrected chi connectivity index (χ4v) is 4.38. The van der Waals surface area contributed by atoms with Crippen LogP contribution in [0, 0.1) is 0 Å². The SMILES string of the molecule is COc1ccccc1CC(=O)Nc1ccc(C(=O)N(C)c2ccccc2N2CCCCC2)cc1. The third-order valence-electron chi connectivity index (χ3n) is 6.20. The minimum absolute atomic E-state index is 0.0867. The molecular weight excluding hydrogens is 426 g/mol. The van der Waals surface area contributed by atoms with Crippen LogP contribution in [0.15, 0.2) is 72.8 Å². The number of carbonyl (C=O) groups excluding carboxylic acids is 2. The molecule has 176 valence electrons. The van der Waals surface area contributed by atoms with E-state index in [-0.39, 0.29) is 18.2 Å². The summed E-state index contributed by atoms with van der Waals surface area (Å²) in [6, 6.07) is 22.6. The zero-order valence-electron chi connectivity index (χ0n) is 19.8. The number of rotatable bonds is 7. The molecule has 1 N–H and O–H groups in total. The summed E-state index contributed by atoms with van der Waals surface area (Å²) in [5.74, 6) is 0.457. The molecular formula is C28H31N3O3. The van der Waals surface area contributed by atoms with Gasteiger partial charge in [-0.1, -0.05) is 30.3 Å². The number of nitrogens with one attached hydrogen (secondary N) is 1. The molecule has 0 saturated carbocycles. The summed E-state index contributed by atoms with van der Waals surface area (Å²) >= 11 is 0. The third kappa shape index (κ3) is 5.39. The molecule has 1 fully saturated rings. The lowest BCUT2D eigenvalue weighted by atomic mass is 10.1. The Morgan fingerprint density at radius 3 is 2.32 bits per heavy atom. The van der Waals surface area contributed by atoms with Crippen LogP contribution in [0.25, 0.3) is 0 Å². The zero-order valence-corrected chi connectivity index (χ0v) is 19.8.